The van der Waals surface area contributed by atoms with Crippen molar-refractivity contribution in [1.82, 2.24) is 9.38 Å². The van der Waals surface area contributed by atoms with Crippen molar-refractivity contribution in [3.8, 4) is 0 Å². The molecule has 9 heteroatoms. The van der Waals surface area contributed by atoms with Gasteiger partial charge in [0.1, 0.15) is 5.78 Å². The Balaban J connectivity index is 1.66. The van der Waals surface area contributed by atoms with Gasteiger partial charge in [-0.05, 0) is 26.0 Å². The lowest BCUT2D eigenvalue weighted by Crippen LogP contribution is -2.34. The van der Waals surface area contributed by atoms with E-state index in [0.29, 0.717) is 49.4 Å². The van der Waals surface area contributed by atoms with E-state index in [2.05, 4.69) is 20.2 Å². The van der Waals surface area contributed by atoms with Crippen molar-refractivity contribution in [2.24, 2.45) is 4.99 Å². The number of amides is 1. The van der Waals surface area contributed by atoms with Gasteiger partial charge in [-0.25, -0.2) is 9.37 Å². The Labute approximate surface area is 185 Å². The van der Waals surface area contributed by atoms with Crippen LogP contribution in [0.25, 0.3) is 5.65 Å². The number of rotatable bonds is 5. The van der Waals surface area contributed by atoms with E-state index in [1.165, 1.54) is 10.5 Å². The maximum Gasteiger partial charge on any atom is 0.257 e. The molecule has 3 aromatic rings. The maximum atomic E-state index is 14.4. The molecular formula is C23H25FN6O2. The van der Waals surface area contributed by atoms with Gasteiger partial charge in [-0.3, -0.25) is 14.6 Å². The molecule has 0 aliphatic carbocycles. The minimum absolute atomic E-state index is 0.197. The summed E-state index contributed by atoms with van der Waals surface area (Å²) < 4.78 is 15.9. The van der Waals surface area contributed by atoms with Gasteiger partial charge in [0.25, 0.3) is 5.91 Å². The molecule has 8 nitrogen and oxygen atoms in total. The van der Waals surface area contributed by atoms with Crippen LogP contribution in [0.5, 0.6) is 0 Å². The largest absolute Gasteiger partial charge is 0.397 e. The number of imidazole rings is 1. The Kier molecular flexibility index (Phi) is 5.89. The molecule has 32 heavy (non-hydrogen) atoms. The summed E-state index contributed by atoms with van der Waals surface area (Å²) in [7, 11) is 0. The number of aromatic nitrogens is 2. The second-order valence-electron chi connectivity index (χ2n) is 7.76. The number of nitrogen functional groups attached to an aromatic ring is 1. The van der Waals surface area contributed by atoms with Gasteiger partial charge in [0.15, 0.2) is 11.5 Å². The Morgan fingerprint density at radius 2 is 2.06 bits per heavy atom. The number of anilines is 3. The van der Waals surface area contributed by atoms with Crippen LogP contribution in [0.4, 0.5) is 21.5 Å². The van der Waals surface area contributed by atoms with Gasteiger partial charge in [-0.1, -0.05) is 0 Å². The van der Waals surface area contributed by atoms with Crippen LogP contribution in [-0.2, 0) is 4.79 Å². The van der Waals surface area contributed by atoms with Gasteiger partial charge in [-0.15, -0.1) is 0 Å². The highest BCUT2D eigenvalue weighted by Gasteiger charge is 2.22. The highest BCUT2D eigenvalue weighted by Crippen LogP contribution is 2.30. The number of ketones is 1. The fourth-order valence-electron chi connectivity index (χ4n) is 3.86. The number of hydrogen-bond acceptors (Lipinski definition) is 6. The second-order valence-corrected chi connectivity index (χ2v) is 7.76. The zero-order valence-electron chi connectivity index (χ0n) is 18.1. The van der Waals surface area contributed by atoms with Crippen LogP contribution in [0.1, 0.15) is 41.4 Å². The molecule has 0 spiro atoms. The molecule has 1 fully saturated rings. The molecule has 1 aliphatic heterocycles. The number of aryl methyl sites for hydroxylation is 1. The van der Waals surface area contributed by atoms with E-state index in [1.807, 2.05) is 13.0 Å². The van der Waals surface area contributed by atoms with E-state index in [0.717, 1.165) is 5.69 Å². The zero-order chi connectivity index (χ0) is 22.8. The van der Waals surface area contributed by atoms with Crippen LogP contribution in [0.3, 0.4) is 0 Å². The lowest BCUT2D eigenvalue weighted by molar-refractivity contribution is -0.119. The molecule has 166 valence electrons. The first-order chi connectivity index (χ1) is 15.4. The third-order valence-electron chi connectivity index (χ3n) is 5.46. The standard InChI is InChI=1S/C23H25FN6O2/c1-3-26-11-18-20(29-8-6-16(31)7-9-29)5-4-17(21(18)25)23(32)28-15-10-19(24)22-27-14(2)12-30(22)13-15/h4-5,10-13H,3,6-9,25H2,1-2H3,(H,28,32). The molecule has 2 aromatic heterocycles. The van der Waals surface area contributed by atoms with Crippen LogP contribution in [0.15, 0.2) is 35.6 Å². The molecule has 4 rings (SSSR count). The summed E-state index contributed by atoms with van der Waals surface area (Å²) in [5.41, 5.74) is 9.59. The number of halogens is 1. The SMILES string of the molecule is CCN=Cc1c(N2CCC(=O)CC2)ccc(C(=O)Nc2cc(F)c3nc(C)cn3c2)c1N. The van der Waals surface area contributed by atoms with E-state index in [-0.39, 0.29) is 22.7 Å². The van der Waals surface area contributed by atoms with Gasteiger partial charge in [0, 0.05) is 68.4 Å². The van der Waals surface area contributed by atoms with Gasteiger partial charge < -0.3 is 20.4 Å². The number of nitrogens with one attached hydrogen (secondary N) is 1. The number of hydrogen-bond donors (Lipinski definition) is 2. The van der Waals surface area contributed by atoms with Crippen LogP contribution in [0, 0.1) is 12.7 Å². The van der Waals surface area contributed by atoms with Gasteiger partial charge in [-0.2, -0.15) is 0 Å². The molecule has 3 N–H and O–H groups in total. The summed E-state index contributed by atoms with van der Waals surface area (Å²) in [4.78, 5) is 35.1. The Morgan fingerprint density at radius 1 is 1.31 bits per heavy atom. The minimum atomic E-state index is -0.533. The lowest BCUT2D eigenvalue weighted by atomic mass is 10.0. The highest BCUT2D eigenvalue weighted by atomic mass is 19.1. The van der Waals surface area contributed by atoms with Crippen LogP contribution in [0.2, 0.25) is 0 Å². The number of benzene rings is 1. The maximum absolute atomic E-state index is 14.4. The van der Waals surface area contributed by atoms with E-state index >= 15 is 0 Å². The minimum Gasteiger partial charge on any atom is -0.397 e. The average molecular weight is 436 g/mol. The molecule has 1 aliphatic rings. The molecule has 0 atom stereocenters. The first-order valence-electron chi connectivity index (χ1n) is 10.5. The fraction of sp³-hybridized carbons (Fsp3) is 0.304. The van der Waals surface area contributed by atoms with Crippen LogP contribution in [-0.4, -0.2) is 46.9 Å². The highest BCUT2D eigenvalue weighted by molar-refractivity contribution is 6.11. The third kappa shape index (κ3) is 4.18. The normalized spacial score (nSPS) is 14.5. The number of pyridine rings is 1. The summed E-state index contributed by atoms with van der Waals surface area (Å²) in [6.45, 7) is 5.44. The second kappa shape index (κ2) is 8.78. The van der Waals surface area contributed by atoms with E-state index in [4.69, 9.17) is 5.73 Å². The van der Waals surface area contributed by atoms with Gasteiger partial charge in [0.05, 0.1) is 22.6 Å². The number of fused-ring (bicyclic) bond motifs is 1. The van der Waals surface area contributed by atoms with Crippen molar-refractivity contribution >= 4 is 40.6 Å². The van der Waals surface area contributed by atoms with E-state index in [1.54, 1.807) is 31.6 Å². The Hall–Kier alpha value is -3.75. The van der Waals surface area contributed by atoms with Crippen molar-refractivity contribution in [1.29, 1.82) is 0 Å². The topological polar surface area (TPSA) is 105 Å². The lowest BCUT2D eigenvalue weighted by Gasteiger charge is -2.30. The summed E-state index contributed by atoms with van der Waals surface area (Å²) in [6, 6.07) is 4.70. The Bertz CT molecular complexity index is 1220. The Morgan fingerprint density at radius 3 is 2.78 bits per heavy atom. The molecule has 1 amide bonds. The summed E-state index contributed by atoms with van der Waals surface area (Å²) in [5.74, 6) is -0.745. The van der Waals surface area contributed by atoms with Crippen molar-refractivity contribution in [2.45, 2.75) is 26.7 Å². The van der Waals surface area contributed by atoms with Crippen molar-refractivity contribution in [3.63, 3.8) is 0 Å². The van der Waals surface area contributed by atoms with Crippen molar-refractivity contribution < 1.29 is 14.0 Å². The predicted molar refractivity (Wildman–Crippen MR) is 123 cm³/mol. The predicted octanol–water partition coefficient (Wildman–Crippen LogP) is 3.22. The van der Waals surface area contributed by atoms with Crippen molar-refractivity contribution in [3.05, 3.63) is 53.2 Å². The molecular weight excluding hydrogens is 411 g/mol. The number of aliphatic imine (C=N–C) groups is 1. The van der Waals surface area contributed by atoms with Gasteiger partial charge in [0.2, 0.25) is 0 Å². The van der Waals surface area contributed by atoms with Crippen molar-refractivity contribution in [2.75, 3.05) is 35.6 Å². The first kappa shape index (κ1) is 21.5. The monoisotopic (exact) mass is 436 g/mol. The molecule has 0 unspecified atom stereocenters. The summed E-state index contributed by atoms with van der Waals surface area (Å²) >= 11 is 0. The summed E-state index contributed by atoms with van der Waals surface area (Å²) in [6.07, 6.45) is 5.91. The first-order valence-corrected chi connectivity index (χ1v) is 10.5. The van der Waals surface area contributed by atoms with E-state index < -0.39 is 11.7 Å². The third-order valence-corrected chi connectivity index (χ3v) is 5.46. The van der Waals surface area contributed by atoms with Gasteiger partial charge >= 0.3 is 0 Å². The number of carbonyl (C=O) groups excluding carboxylic acids is 2. The number of carbonyl (C=O) groups is 2. The van der Waals surface area contributed by atoms with E-state index in [9.17, 15) is 14.0 Å². The molecule has 0 radical (unpaired) electrons. The zero-order valence-corrected chi connectivity index (χ0v) is 18.1. The van der Waals surface area contributed by atoms with Crippen LogP contribution >= 0.6 is 0 Å². The fourth-order valence-corrected chi connectivity index (χ4v) is 3.86. The molecule has 0 saturated carbocycles. The molecule has 1 aromatic carbocycles. The smallest absolute Gasteiger partial charge is 0.257 e. The average Bonchev–Trinajstić information content (AvgIpc) is 3.14. The van der Waals surface area contributed by atoms with Crippen LogP contribution < -0.4 is 16.0 Å². The number of nitrogens with zero attached hydrogens (tertiary/aromatic N) is 4. The summed E-state index contributed by atoms with van der Waals surface area (Å²) in [5, 5.41) is 2.72. The number of nitrogens with two attached hydrogens (primary N) is 1. The number of Topliss-reactive ketones (excluding diaryl/α,β-unsaturated/α-hetero) is 1. The molecule has 3 heterocycles. The molecule has 1 saturated heterocycles. The quantitative estimate of drug-likeness (QED) is 0.472. The number of piperidine rings is 1. The molecule has 0 bridgehead atoms.